The lowest BCUT2D eigenvalue weighted by atomic mass is 10.1. The van der Waals surface area contributed by atoms with Gasteiger partial charge < -0.3 is 9.64 Å². The van der Waals surface area contributed by atoms with Crippen molar-refractivity contribution in [1.29, 1.82) is 0 Å². The van der Waals surface area contributed by atoms with E-state index >= 15 is 0 Å². The van der Waals surface area contributed by atoms with Crippen LogP contribution in [0.25, 0.3) is 0 Å². The molecule has 1 fully saturated rings. The van der Waals surface area contributed by atoms with Crippen LogP contribution in [-0.4, -0.2) is 43.4 Å². The van der Waals surface area contributed by atoms with Crippen LogP contribution in [-0.2, 0) is 21.2 Å². The van der Waals surface area contributed by atoms with Gasteiger partial charge >= 0.3 is 0 Å². The fourth-order valence-corrected chi connectivity index (χ4v) is 5.24. The summed E-state index contributed by atoms with van der Waals surface area (Å²) in [7, 11) is -3.18. The molecule has 150 valence electrons. The zero-order valence-electron chi connectivity index (χ0n) is 14.8. The lowest BCUT2D eigenvalue weighted by molar-refractivity contribution is -0.136. The molecule has 1 aliphatic rings. The van der Waals surface area contributed by atoms with E-state index < -0.39 is 15.9 Å². The first-order valence-corrected chi connectivity index (χ1v) is 11.1. The van der Waals surface area contributed by atoms with Gasteiger partial charge in [0.1, 0.15) is 11.6 Å². The third-order valence-electron chi connectivity index (χ3n) is 4.48. The quantitative estimate of drug-likeness (QED) is 0.679. The lowest BCUT2D eigenvalue weighted by Gasteiger charge is -2.28. The third-order valence-corrected chi connectivity index (χ3v) is 6.76. The summed E-state index contributed by atoms with van der Waals surface area (Å²) in [5.41, 5.74) is 0.698. The van der Waals surface area contributed by atoms with Crippen LogP contribution in [0.5, 0.6) is 5.75 Å². The molecule has 1 unspecified atom stereocenters. The Bertz CT molecular complexity index is 966. The van der Waals surface area contributed by atoms with Crippen molar-refractivity contribution in [2.75, 3.05) is 18.1 Å². The summed E-state index contributed by atoms with van der Waals surface area (Å²) in [6.07, 6.45) is 0.358. The normalized spacial score (nSPS) is 18.0. The maximum atomic E-state index is 13.2. The van der Waals surface area contributed by atoms with Gasteiger partial charge in [0.05, 0.1) is 16.5 Å². The largest absolute Gasteiger partial charge is 0.482 e. The summed E-state index contributed by atoms with van der Waals surface area (Å²) in [5.74, 6) is -0.514. The van der Waals surface area contributed by atoms with Gasteiger partial charge in [-0.15, -0.1) is 0 Å². The van der Waals surface area contributed by atoms with Gasteiger partial charge in [-0.3, -0.25) is 4.79 Å². The molecule has 1 atom stereocenters. The summed E-state index contributed by atoms with van der Waals surface area (Å²) < 4.78 is 42.4. The smallest absolute Gasteiger partial charge is 0.261 e. The van der Waals surface area contributed by atoms with Crippen LogP contribution in [0.1, 0.15) is 12.0 Å². The molecule has 1 heterocycles. The molecule has 0 bridgehead atoms. The molecule has 0 saturated carbocycles. The molecule has 0 radical (unpaired) electrons. The van der Waals surface area contributed by atoms with Crippen LogP contribution in [0.15, 0.2) is 42.5 Å². The number of carbonyl (C=O) groups excluding carboxylic acids is 1. The van der Waals surface area contributed by atoms with Gasteiger partial charge in [0.25, 0.3) is 5.91 Å². The first-order chi connectivity index (χ1) is 13.2. The first kappa shape index (κ1) is 20.9. The number of hydrogen-bond acceptors (Lipinski definition) is 4. The summed E-state index contributed by atoms with van der Waals surface area (Å²) >= 11 is 11.9. The van der Waals surface area contributed by atoms with E-state index in [1.54, 1.807) is 24.3 Å². The van der Waals surface area contributed by atoms with Crippen molar-refractivity contribution in [2.45, 2.75) is 19.0 Å². The Hall–Kier alpha value is -1.83. The van der Waals surface area contributed by atoms with Gasteiger partial charge in [-0.2, -0.15) is 0 Å². The number of sulfone groups is 1. The Labute approximate surface area is 172 Å². The monoisotopic (exact) mass is 445 g/mol. The summed E-state index contributed by atoms with van der Waals surface area (Å²) in [4.78, 5) is 14.3. The van der Waals surface area contributed by atoms with Crippen molar-refractivity contribution in [1.82, 2.24) is 4.90 Å². The first-order valence-electron chi connectivity index (χ1n) is 8.56. The molecule has 5 nitrogen and oxygen atoms in total. The van der Waals surface area contributed by atoms with E-state index in [9.17, 15) is 17.6 Å². The van der Waals surface area contributed by atoms with E-state index in [-0.39, 0.29) is 41.4 Å². The Morgan fingerprint density at radius 2 is 1.89 bits per heavy atom. The lowest BCUT2D eigenvalue weighted by Crippen LogP contribution is -2.43. The van der Waals surface area contributed by atoms with Gasteiger partial charge in [0, 0.05) is 17.6 Å². The zero-order chi connectivity index (χ0) is 20.3. The predicted molar refractivity (Wildman–Crippen MR) is 106 cm³/mol. The fraction of sp³-hybridized carbons (Fsp3) is 0.316. The van der Waals surface area contributed by atoms with Crippen LogP contribution >= 0.6 is 23.2 Å². The van der Waals surface area contributed by atoms with Crippen molar-refractivity contribution in [3.63, 3.8) is 0 Å². The van der Waals surface area contributed by atoms with E-state index in [0.717, 1.165) is 0 Å². The molecular weight excluding hydrogens is 428 g/mol. The van der Waals surface area contributed by atoms with Gasteiger partial charge in [-0.05, 0) is 42.3 Å². The molecule has 2 aromatic rings. The number of ether oxygens (including phenoxy) is 1. The summed E-state index contributed by atoms with van der Waals surface area (Å²) in [5, 5.41) is 0.714. The van der Waals surface area contributed by atoms with Gasteiger partial charge in [0.15, 0.2) is 16.4 Å². The van der Waals surface area contributed by atoms with E-state index in [1.165, 1.54) is 23.1 Å². The summed E-state index contributed by atoms with van der Waals surface area (Å²) in [6.45, 7) is -0.143. The maximum absolute atomic E-state index is 13.2. The standard InChI is InChI=1S/C19H18Cl2FNO4S/c20-14-3-6-18(17(21)9-14)27-11-19(24)23(16-7-8-28(25,26)12-16)10-13-1-4-15(22)5-2-13/h1-6,9,16H,7-8,10-12H2. The van der Waals surface area contributed by atoms with Crippen molar-refractivity contribution in [3.8, 4) is 5.75 Å². The van der Waals surface area contributed by atoms with Crippen molar-refractivity contribution in [2.24, 2.45) is 0 Å². The van der Waals surface area contributed by atoms with E-state index in [0.29, 0.717) is 22.8 Å². The van der Waals surface area contributed by atoms with Crippen molar-refractivity contribution < 1.29 is 22.3 Å². The third kappa shape index (κ3) is 5.37. The van der Waals surface area contributed by atoms with E-state index in [2.05, 4.69) is 0 Å². The van der Waals surface area contributed by atoms with Gasteiger partial charge in [0.2, 0.25) is 0 Å². The Kier molecular flexibility index (Phi) is 6.47. The number of hydrogen-bond donors (Lipinski definition) is 0. The second-order valence-corrected chi connectivity index (χ2v) is 9.64. The number of benzene rings is 2. The number of carbonyl (C=O) groups is 1. The van der Waals surface area contributed by atoms with E-state index in [1.807, 2.05) is 0 Å². The molecule has 0 N–H and O–H groups in total. The Morgan fingerprint density at radius 3 is 2.50 bits per heavy atom. The Morgan fingerprint density at radius 1 is 1.18 bits per heavy atom. The molecule has 9 heteroatoms. The Balaban J connectivity index is 1.75. The highest BCUT2D eigenvalue weighted by molar-refractivity contribution is 7.91. The highest BCUT2D eigenvalue weighted by Crippen LogP contribution is 2.28. The SMILES string of the molecule is O=C(COc1ccc(Cl)cc1Cl)N(Cc1ccc(F)cc1)C1CCS(=O)(=O)C1. The minimum absolute atomic E-state index is 0.0364. The van der Waals surface area contributed by atoms with Crippen molar-refractivity contribution in [3.05, 3.63) is 63.9 Å². The number of halogens is 3. The van der Waals surface area contributed by atoms with Crippen molar-refractivity contribution >= 4 is 38.9 Å². The van der Waals surface area contributed by atoms with Gasteiger partial charge in [-0.25, -0.2) is 12.8 Å². The van der Waals surface area contributed by atoms with Crippen LogP contribution in [0.3, 0.4) is 0 Å². The zero-order valence-corrected chi connectivity index (χ0v) is 17.1. The molecule has 0 aliphatic carbocycles. The molecule has 0 spiro atoms. The molecule has 1 saturated heterocycles. The fourth-order valence-electron chi connectivity index (χ4n) is 3.04. The van der Waals surface area contributed by atoms with Crippen LogP contribution in [0.2, 0.25) is 10.0 Å². The molecular formula is C19H18Cl2FNO4S. The summed E-state index contributed by atoms with van der Waals surface area (Å²) in [6, 6.07) is 9.93. The van der Waals surface area contributed by atoms with Crippen LogP contribution in [0.4, 0.5) is 4.39 Å². The number of nitrogens with zero attached hydrogens (tertiary/aromatic N) is 1. The molecule has 28 heavy (non-hydrogen) atoms. The number of rotatable bonds is 6. The average Bonchev–Trinajstić information content (AvgIpc) is 2.99. The molecule has 0 aromatic heterocycles. The number of amides is 1. The molecule has 1 aliphatic heterocycles. The minimum Gasteiger partial charge on any atom is -0.482 e. The minimum atomic E-state index is -3.18. The highest BCUT2D eigenvalue weighted by Gasteiger charge is 2.34. The average molecular weight is 446 g/mol. The molecule has 2 aromatic carbocycles. The molecule has 1 amide bonds. The van der Waals surface area contributed by atoms with E-state index in [4.69, 9.17) is 27.9 Å². The maximum Gasteiger partial charge on any atom is 0.261 e. The predicted octanol–water partition coefficient (Wildman–Crippen LogP) is 3.73. The van der Waals surface area contributed by atoms with Crippen LogP contribution in [0, 0.1) is 5.82 Å². The highest BCUT2D eigenvalue weighted by atomic mass is 35.5. The second kappa shape index (κ2) is 8.68. The molecule has 3 rings (SSSR count). The van der Waals surface area contributed by atoms with Crippen LogP contribution < -0.4 is 4.74 Å². The van der Waals surface area contributed by atoms with Gasteiger partial charge in [-0.1, -0.05) is 35.3 Å². The second-order valence-electron chi connectivity index (χ2n) is 6.57. The topological polar surface area (TPSA) is 63.7 Å².